The molecule has 14 heavy (non-hydrogen) atoms. The van der Waals surface area contributed by atoms with Gasteiger partial charge in [0.2, 0.25) is 0 Å². The Morgan fingerprint density at radius 1 is 1.21 bits per heavy atom. The first-order valence-corrected chi connectivity index (χ1v) is 6.22. The van der Waals surface area contributed by atoms with Gasteiger partial charge in [0.1, 0.15) is 0 Å². The van der Waals surface area contributed by atoms with Crippen molar-refractivity contribution < 1.29 is 0 Å². The summed E-state index contributed by atoms with van der Waals surface area (Å²) < 4.78 is 1.35. The molecule has 1 rings (SSSR count). The van der Waals surface area contributed by atoms with Crippen molar-refractivity contribution in [1.29, 1.82) is 0 Å². The second-order valence-electron chi connectivity index (χ2n) is 3.54. The molecule has 0 unspecified atom stereocenters. The van der Waals surface area contributed by atoms with Crippen molar-refractivity contribution in [1.82, 2.24) is 4.90 Å². The van der Waals surface area contributed by atoms with Gasteiger partial charge in [0.05, 0.1) is 0 Å². The van der Waals surface area contributed by atoms with Gasteiger partial charge >= 0.3 is 0 Å². The Kier molecular flexibility index (Phi) is 4.89. The van der Waals surface area contributed by atoms with Gasteiger partial charge in [0.25, 0.3) is 0 Å². The van der Waals surface area contributed by atoms with Crippen molar-refractivity contribution in [3.63, 3.8) is 0 Å². The van der Waals surface area contributed by atoms with Gasteiger partial charge in [-0.2, -0.15) is 0 Å². The van der Waals surface area contributed by atoms with Crippen molar-refractivity contribution >= 4 is 22.6 Å². The molecular formula is C12H18IN. The van der Waals surface area contributed by atoms with Crippen LogP contribution in [0.1, 0.15) is 25.0 Å². The number of hydrogen-bond acceptors (Lipinski definition) is 1. The number of halogens is 1. The molecular weight excluding hydrogens is 285 g/mol. The summed E-state index contributed by atoms with van der Waals surface area (Å²) >= 11 is 2.38. The Morgan fingerprint density at radius 3 is 2.36 bits per heavy atom. The number of hydrogen-bond donors (Lipinski definition) is 0. The molecule has 2 heteroatoms. The van der Waals surface area contributed by atoms with Gasteiger partial charge in [-0.05, 0) is 59.8 Å². The topological polar surface area (TPSA) is 3.24 Å². The molecule has 78 valence electrons. The van der Waals surface area contributed by atoms with Gasteiger partial charge in [-0.1, -0.05) is 26.0 Å². The molecule has 0 spiro atoms. The molecule has 0 N–H and O–H groups in total. The summed E-state index contributed by atoms with van der Waals surface area (Å²) in [4.78, 5) is 2.43. The summed E-state index contributed by atoms with van der Waals surface area (Å²) in [6.45, 7) is 9.92. The summed E-state index contributed by atoms with van der Waals surface area (Å²) in [6, 6.07) is 6.72. The van der Waals surface area contributed by atoms with E-state index in [1.54, 1.807) is 0 Å². The van der Waals surface area contributed by atoms with Gasteiger partial charge < -0.3 is 0 Å². The lowest BCUT2D eigenvalue weighted by atomic mass is 10.1. The van der Waals surface area contributed by atoms with E-state index in [1.165, 1.54) is 14.7 Å². The highest BCUT2D eigenvalue weighted by atomic mass is 127. The number of rotatable bonds is 4. The third kappa shape index (κ3) is 3.24. The largest absolute Gasteiger partial charge is 0.300 e. The van der Waals surface area contributed by atoms with Gasteiger partial charge in [-0.25, -0.2) is 0 Å². The van der Waals surface area contributed by atoms with Crippen molar-refractivity contribution in [2.45, 2.75) is 27.3 Å². The van der Waals surface area contributed by atoms with E-state index in [9.17, 15) is 0 Å². The van der Waals surface area contributed by atoms with Crippen LogP contribution >= 0.6 is 22.6 Å². The molecule has 0 aliphatic carbocycles. The number of aryl methyl sites for hydroxylation is 1. The minimum atomic E-state index is 1.07. The van der Waals surface area contributed by atoms with Crippen LogP contribution < -0.4 is 0 Å². The Morgan fingerprint density at radius 2 is 1.86 bits per heavy atom. The standard InChI is InChI=1S/C12H18IN/c1-4-14(5-2)9-11-6-7-12(13)10(3)8-11/h6-8H,4-5,9H2,1-3H3. The van der Waals surface area contributed by atoms with Crippen LogP contribution in [0.3, 0.4) is 0 Å². The van der Waals surface area contributed by atoms with Crippen molar-refractivity contribution in [2.75, 3.05) is 13.1 Å². The first kappa shape index (κ1) is 12.0. The fourth-order valence-corrected chi connectivity index (χ4v) is 1.85. The van der Waals surface area contributed by atoms with Crippen LogP contribution in [0, 0.1) is 10.5 Å². The lowest BCUT2D eigenvalue weighted by Crippen LogP contribution is -2.22. The molecule has 0 fully saturated rings. The average Bonchev–Trinajstić information content (AvgIpc) is 2.19. The van der Waals surface area contributed by atoms with Crippen LogP contribution in [0.4, 0.5) is 0 Å². The molecule has 0 radical (unpaired) electrons. The summed E-state index contributed by atoms with van der Waals surface area (Å²) in [5.41, 5.74) is 2.81. The molecule has 0 aliphatic rings. The predicted octanol–water partition coefficient (Wildman–Crippen LogP) is 3.44. The molecule has 0 heterocycles. The van der Waals surface area contributed by atoms with Crippen LogP contribution in [0.15, 0.2) is 18.2 Å². The first-order valence-electron chi connectivity index (χ1n) is 5.14. The van der Waals surface area contributed by atoms with E-state index < -0.39 is 0 Å². The van der Waals surface area contributed by atoms with E-state index >= 15 is 0 Å². The zero-order chi connectivity index (χ0) is 10.6. The minimum absolute atomic E-state index is 1.07. The predicted molar refractivity (Wildman–Crippen MR) is 70.5 cm³/mol. The smallest absolute Gasteiger partial charge is 0.0233 e. The lowest BCUT2D eigenvalue weighted by molar-refractivity contribution is 0.296. The second-order valence-corrected chi connectivity index (χ2v) is 4.71. The van der Waals surface area contributed by atoms with E-state index in [4.69, 9.17) is 0 Å². The van der Waals surface area contributed by atoms with E-state index in [2.05, 4.69) is 66.5 Å². The number of nitrogens with zero attached hydrogens (tertiary/aromatic N) is 1. The molecule has 1 nitrogen and oxygen atoms in total. The molecule has 1 aromatic carbocycles. The van der Waals surface area contributed by atoms with E-state index in [0.29, 0.717) is 0 Å². The Labute approximate surface area is 101 Å². The molecule has 0 atom stereocenters. The maximum Gasteiger partial charge on any atom is 0.0233 e. The molecule has 0 amide bonds. The lowest BCUT2D eigenvalue weighted by Gasteiger charge is -2.18. The number of benzene rings is 1. The van der Waals surface area contributed by atoms with E-state index in [1.807, 2.05) is 0 Å². The summed E-state index contributed by atoms with van der Waals surface area (Å²) in [5, 5.41) is 0. The average molecular weight is 303 g/mol. The van der Waals surface area contributed by atoms with Crippen molar-refractivity contribution in [2.24, 2.45) is 0 Å². The zero-order valence-electron chi connectivity index (χ0n) is 9.18. The summed E-state index contributed by atoms with van der Waals surface area (Å²) in [5.74, 6) is 0. The van der Waals surface area contributed by atoms with E-state index in [-0.39, 0.29) is 0 Å². The zero-order valence-corrected chi connectivity index (χ0v) is 11.3. The maximum absolute atomic E-state index is 2.43. The normalized spacial score (nSPS) is 10.9. The summed E-state index contributed by atoms with van der Waals surface area (Å²) in [6.07, 6.45) is 0. The van der Waals surface area contributed by atoms with Crippen LogP contribution in [0.2, 0.25) is 0 Å². The van der Waals surface area contributed by atoms with Crippen LogP contribution in [0.5, 0.6) is 0 Å². The Bertz CT molecular complexity index is 292. The summed E-state index contributed by atoms with van der Waals surface area (Å²) in [7, 11) is 0. The van der Waals surface area contributed by atoms with Crippen LogP contribution in [-0.4, -0.2) is 18.0 Å². The highest BCUT2D eigenvalue weighted by Crippen LogP contribution is 2.14. The third-order valence-electron chi connectivity index (χ3n) is 2.52. The van der Waals surface area contributed by atoms with Gasteiger partial charge in [-0.3, -0.25) is 4.90 Å². The SMILES string of the molecule is CCN(CC)Cc1ccc(I)c(C)c1. The first-order chi connectivity index (χ1) is 6.67. The van der Waals surface area contributed by atoms with Crippen molar-refractivity contribution in [3.8, 4) is 0 Å². The molecule has 0 aliphatic heterocycles. The molecule has 0 saturated heterocycles. The monoisotopic (exact) mass is 303 g/mol. The molecule has 0 aromatic heterocycles. The molecule has 0 saturated carbocycles. The van der Waals surface area contributed by atoms with Gasteiger partial charge in [0, 0.05) is 10.1 Å². The van der Waals surface area contributed by atoms with Gasteiger partial charge in [-0.15, -0.1) is 0 Å². The maximum atomic E-state index is 2.43. The minimum Gasteiger partial charge on any atom is -0.300 e. The van der Waals surface area contributed by atoms with Crippen LogP contribution in [-0.2, 0) is 6.54 Å². The van der Waals surface area contributed by atoms with Crippen LogP contribution in [0.25, 0.3) is 0 Å². The Balaban J connectivity index is 2.72. The molecule has 1 aromatic rings. The Hall–Kier alpha value is -0.0900. The second kappa shape index (κ2) is 5.71. The fourth-order valence-electron chi connectivity index (χ4n) is 1.51. The quantitative estimate of drug-likeness (QED) is 0.770. The van der Waals surface area contributed by atoms with Gasteiger partial charge in [0.15, 0.2) is 0 Å². The highest BCUT2D eigenvalue weighted by Gasteiger charge is 2.02. The van der Waals surface area contributed by atoms with Crippen molar-refractivity contribution in [3.05, 3.63) is 32.9 Å². The highest BCUT2D eigenvalue weighted by molar-refractivity contribution is 14.1. The van der Waals surface area contributed by atoms with E-state index in [0.717, 1.165) is 19.6 Å². The molecule has 0 bridgehead atoms. The third-order valence-corrected chi connectivity index (χ3v) is 3.73. The fraction of sp³-hybridized carbons (Fsp3) is 0.500.